The van der Waals surface area contributed by atoms with Gasteiger partial charge in [0.25, 0.3) is 0 Å². The number of hydrogen-bond acceptors (Lipinski definition) is 2. The van der Waals surface area contributed by atoms with Crippen molar-refractivity contribution >= 4 is 0 Å². The predicted molar refractivity (Wildman–Crippen MR) is 30.0 cm³/mol. The van der Waals surface area contributed by atoms with Gasteiger partial charge in [0.1, 0.15) is 0 Å². The van der Waals surface area contributed by atoms with Crippen molar-refractivity contribution in [3.63, 3.8) is 0 Å². The first-order chi connectivity index (χ1) is 3.93. The molecule has 3 nitrogen and oxygen atoms in total. The van der Waals surface area contributed by atoms with Crippen LogP contribution in [0.1, 0.15) is 6.42 Å². The molecule has 0 aliphatic carbocycles. The largest absolute Gasteiger partial charge is 0.185 e. The molecule has 1 heterocycles. The van der Waals surface area contributed by atoms with Gasteiger partial charge in [-0.05, 0) is 6.42 Å². The number of aromatic nitrogens is 3. The van der Waals surface area contributed by atoms with Gasteiger partial charge in [0, 0.05) is 0 Å². The van der Waals surface area contributed by atoms with E-state index in [0.29, 0.717) is 0 Å². The summed E-state index contributed by atoms with van der Waals surface area (Å²) in [6.07, 6.45) is 4.17. The highest BCUT2D eigenvalue weighted by molar-refractivity contribution is 4.59. The minimum Gasteiger partial charge on any atom is -0.185 e. The molecule has 3 heteroatoms. The van der Waals surface area contributed by atoms with Gasteiger partial charge in [0.15, 0.2) is 0 Å². The average molecular weight is 110 g/mol. The molecule has 0 amide bonds. The van der Waals surface area contributed by atoms with Crippen molar-refractivity contribution in [2.45, 2.75) is 13.0 Å². The molecule has 0 bridgehead atoms. The van der Waals surface area contributed by atoms with Gasteiger partial charge >= 0.3 is 0 Å². The van der Waals surface area contributed by atoms with Crippen molar-refractivity contribution < 1.29 is 0 Å². The molecule has 0 saturated carbocycles. The molecule has 0 aromatic carbocycles. The monoisotopic (exact) mass is 110 g/mol. The molecule has 1 radical (unpaired) electrons. The summed E-state index contributed by atoms with van der Waals surface area (Å²) in [6.45, 7) is 4.47. The SMILES string of the molecule is [CH2]CCn1nccn1. The Labute approximate surface area is 48.3 Å². The Morgan fingerprint density at radius 1 is 1.38 bits per heavy atom. The summed E-state index contributed by atoms with van der Waals surface area (Å²) < 4.78 is 0. The van der Waals surface area contributed by atoms with Crippen molar-refractivity contribution in [2.75, 3.05) is 0 Å². The van der Waals surface area contributed by atoms with Crippen LogP contribution in [0.3, 0.4) is 0 Å². The molecule has 1 rings (SSSR count). The first-order valence-electron chi connectivity index (χ1n) is 2.57. The van der Waals surface area contributed by atoms with Gasteiger partial charge in [-0.2, -0.15) is 15.0 Å². The summed E-state index contributed by atoms with van der Waals surface area (Å²) in [6, 6.07) is 0. The summed E-state index contributed by atoms with van der Waals surface area (Å²) in [7, 11) is 0. The Kier molecular flexibility index (Phi) is 1.62. The number of rotatable bonds is 2. The van der Waals surface area contributed by atoms with Gasteiger partial charge in [-0.3, -0.25) is 0 Å². The van der Waals surface area contributed by atoms with Crippen molar-refractivity contribution in [3.05, 3.63) is 19.3 Å². The van der Waals surface area contributed by atoms with E-state index >= 15 is 0 Å². The van der Waals surface area contributed by atoms with E-state index in [9.17, 15) is 0 Å². The molecule has 0 aliphatic rings. The highest BCUT2D eigenvalue weighted by Gasteiger charge is 1.84. The summed E-state index contributed by atoms with van der Waals surface area (Å²) in [4.78, 5) is 1.62. The zero-order chi connectivity index (χ0) is 5.82. The Hall–Kier alpha value is -0.860. The standard InChI is InChI=1S/C5H8N3/c1-2-5-8-6-3-4-7-8/h3-4H,1-2,5H2. The van der Waals surface area contributed by atoms with E-state index in [0.717, 1.165) is 13.0 Å². The molecule has 8 heavy (non-hydrogen) atoms. The Bertz CT molecular complexity index is 133. The van der Waals surface area contributed by atoms with Crippen LogP contribution >= 0.6 is 0 Å². The smallest absolute Gasteiger partial charge is 0.0693 e. The summed E-state index contributed by atoms with van der Waals surface area (Å²) in [5.74, 6) is 0. The van der Waals surface area contributed by atoms with E-state index in [1.807, 2.05) is 0 Å². The fourth-order valence-corrected chi connectivity index (χ4v) is 0.500. The van der Waals surface area contributed by atoms with Crippen LogP contribution < -0.4 is 0 Å². The van der Waals surface area contributed by atoms with Gasteiger partial charge in [0.05, 0.1) is 18.9 Å². The molecule has 0 saturated heterocycles. The van der Waals surface area contributed by atoms with Gasteiger partial charge in [-0.25, -0.2) is 0 Å². The van der Waals surface area contributed by atoms with E-state index in [1.54, 1.807) is 17.2 Å². The summed E-state index contributed by atoms with van der Waals surface area (Å²) in [5.41, 5.74) is 0. The van der Waals surface area contributed by atoms with E-state index < -0.39 is 0 Å². The highest BCUT2D eigenvalue weighted by Crippen LogP contribution is 1.80. The van der Waals surface area contributed by atoms with Crippen molar-refractivity contribution in [3.8, 4) is 0 Å². The van der Waals surface area contributed by atoms with E-state index in [4.69, 9.17) is 0 Å². The van der Waals surface area contributed by atoms with E-state index in [2.05, 4.69) is 17.1 Å². The second-order valence-corrected chi connectivity index (χ2v) is 1.48. The lowest BCUT2D eigenvalue weighted by molar-refractivity contribution is 0.542. The number of hydrogen-bond donors (Lipinski definition) is 0. The van der Waals surface area contributed by atoms with Gasteiger partial charge < -0.3 is 0 Å². The second-order valence-electron chi connectivity index (χ2n) is 1.48. The zero-order valence-electron chi connectivity index (χ0n) is 4.62. The number of nitrogens with zero attached hydrogens (tertiary/aromatic N) is 3. The lowest BCUT2D eigenvalue weighted by atomic mass is 10.5. The van der Waals surface area contributed by atoms with Crippen molar-refractivity contribution in [1.29, 1.82) is 0 Å². The molecule has 43 valence electrons. The third-order valence-electron chi connectivity index (χ3n) is 0.825. The topological polar surface area (TPSA) is 30.7 Å². The van der Waals surface area contributed by atoms with Crippen LogP contribution in [0.4, 0.5) is 0 Å². The fourth-order valence-electron chi connectivity index (χ4n) is 0.500. The maximum absolute atomic E-state index is 3.87. The third-order valence-corrected chi connectivity index (χ3v) is 0.825. The van der Waals surface area contributed by atoms with Crippen LogP contribution in [0, 0.1) is 6.92 Å². The normalized spacial score (nSPS) is 9.62. The lowest BCUT2D eigenvalue weighted by Crippen LogP contribution is -1.99. The van der Waals surface area contributed by atoms with Gasteiger partial charge in [-0.1, -0.05) is 6.92 Å². The molecule has 0 unspecified atom stereocenters. The van der Waals surface area contributed by atoms with Crippen molar-refractivity contribution in [2.24, 2.45) is 0 Å². The predicted octanol–water partition coefficient (Wildman–Crippen LogP) is 0.502. The quantitative estimate of drug-likeness (QED) is 0.555. The lowest BCUT2D eigenvalue weighted by Gasteiger charge is -1.90. The first-order valence-corrected chi connectivity index (χ1v) is 2.57. The van der Waals surface area contributed by atoms with E-state index in [1.165, 1.54) is 0 Å². The van der Waals surface area contributed by atoms with Crippen LogP contribution in [0.5, 0.6) is 0 Å². The molecule has 0 fully saturated rings. The highest BCUT2D eigenvalue weighted by atomic mass is 15.5. The second kappa shape index (κ2) is 2.45. The molecule has 0 aliphatic heterocycles. The molecular formula is C5H8N3. The summed E-state index contributed by atoms with van der Waals surface area (Å²) in [5, 5.41) is 7.74. The summed E-state index contributed by atoms with van der Waals surface area (Å²) >= 11 is 0. The molecule has 1 aromatic rings. The minimum absolute atomic E-state index is 0.813. The molecule has 0 atom stereocenters. The van der Waals surface area contributed by atoms with E-state index in [-0.39, 0.29) is 0 Å². The molecule has 0 N–H and O–H groups in total. The molecule has 1 aromatic heterocycles. The maximum atomic E-state index is 3.87. The first kappa shape index (κ1) is 5.28. The Balaban J connectivity index is 2.50. The molecular weight excluding hydrogens is 102 g/mol. The van der Waals surface area contributed by atoms with Crippen molar-refractivity contribution in [1.82, 2.24) is 15.0 Å². The number of aryl methyl sites for hydroxylation is 1. The third kappa shape index (κ3) is 1.05. The maximum Gasteiger partial charge on any atom is 0.0693 e. The Morgan fingerprint density at radius 3 is 2.50 bits per heavy atom. The van der Waals surface area contributed by atoms with Gasteiger partial charge in [0.2, 0.25) is 0 Å². The average Bonchev–Trinajstić information content (AvgIpc) is 2.19. The van der Waals surface area contributed by atoms with Crippen LogP contribution in [0.25, 0.3) is 0 Å². The molecule has 0 spiro atoms. The van der Waals surface area contributed by atoms with Gasteiger partial charge in [-0.15, -0.1) is 0 Å². The zero-order valence-corrected chi connectivity index (χ0v) is 4.62. The van der Waals surface area contributed by atoms with Crippen LogP contribution in [-0.4, -0.2) is 15.0 Å². The minimum atomic E-state index is 0.813. The van der Waals surface area contributed by atoms with Crippen LogP contribution in [-0.2, 0) is 6.54 Å². The van der Waals surface area contributed by atoms with Crippen LogP contribution in [0.2, 0.25) is 0 Å². The fraction of sp³-hybridized carbons (Fsp3) is 0.400. The Morgan fingerprint density at radius 2 is 2.00 bits per heavy atom. The van der Waals surface area contributed by atoms with Crippen LogP contribution in [0.15, 0.2) is 12.4 Å².